The molecular formula is C17H22N2O2. The Kier molecular flexibility index (Phi) is 4.91. The van der Waals surface area contributed by atoms with E-state index in [1.807, 2.05) is 45.0 Å². The van der Waals surface area contributed by atoms with E-state index in [4.69, 9.17) is 0 Å². The van der Waals surface area contributed by atoms with E-state index in [9.17, 15) is 9.90 Å². The number of aryl methyl sites for hydroxylation is 2. The number of aromatic nitrogens is 1. The molecule has 112 valence electrons. The van der Waals surface area contributed by atoms with Gasteiger partial charge in [-0.25, -0.2) is 0 Å². The fraction of sp³-hybridized carbons (Fsp3) is 0.412. The normalized spacial score (nSPS) is 12.4. The molecule has 1 atom stereocenters. The Morgan fingerprint density at radius 1 is 1.33 bits per heavy atom. The van der Waals surface area contributed by atoms with Crippen molar-refractivity contribution in [3.8, 4) is 0 Å². The Hall–Kier alpha value is -1.94. The van der Waals surface area contributed by atoms with E-state index in [-0.39, 0.29) is 12.5 Å². The van der Waals surface area contributed by atoms with Crippen LogP contribution in [0.15, 0.2) is 24.3 Å². The van der Waals surface area contributed by atoms with Crippen LogP contribution in [0.1, 0.15) is 41.4 Å². The molecule has 1 aromatic carbocycles. The number of nitrogens with one attached hydrogen (secondary N) is 1. The predicted molar refractivity (Wildman–Crippen MR) is 84.5 cm³/mol. The van der Waals surface area contributed by atoms with Gasteiger partial charge in [0, 0.05) is 11.9 Å². The summed E-state index contributed by atoms with van der Waals surface area (Å²) in [6.45, 7) is 6.13. The first-order valence-corrected chi connectivity index (χ1v) is 7.35. The summed E-state index contributed by atoms with van der Waals surface area (Å²) in [6, 6.07) is 7.85. The molecule has 0 aliphatic carbocycles. The van der Waals surface area contributed by atoms with Crippen molar-refractivity contribution in [1.29, 1.82) is 0 Å². The van der Waals surface area contributed by atoms with Crippen molar-refractivity contribution in [2.45, 2.75) is 39.7 Å². The summed E-state index contributed by atoms with van der Waals surface area (Å²) in [7, 11) is 0. The number of fused-ring (bicyclic) bond motifs is 1. The number of hydrogen-bond donors (Lipinski definition) is 2. The van der Waals surface area contributed by atoms with Crippen LogP contribution in [0.4, 0.5) is 0 Å². The van der Waals surface area contributed by atoms with Crippen molar-refractivity contribution >= 4 is 16.8 Å². The lowest BCUT2D eigenvalue weighted by Crippen LogP contribution is -2.32. The molecule has 0 aliphatic heterocycles. The molecule has 0 aliphatic rings. The summed E-state index contributed by atoms with van der Waals surface area (Å²) in [5, 5.41) is 13.4. The average Bonchev–Trinajstić information content (AvgIpc) is 2.44. The van der Waals surface area contributed by atoms with Crippen molar-refractivity contribution in [1.82, 2.24) is 10.3 Å². The molecule has 4 nitrogen and oxygen atoms in total. The highest BCUT2D eigenvalue weighted by atomic mass is 16.3. The number of amides is 1. The molecule has 21 heavy (non-hydrogen) atoms. The number of pyridine rings is 1. The third-order valence-corrected chi connectivity index (χ3v) is 3.53. The van der Waals surface area contributed by atoms with Gasteiger partial charge in [-0.1, -0.05) is 25.5 Å². The highest BCUT2D eigenvalue weighted by Gasteiger charge is 2.13. The lowest BCUT2D eigenvalue weighted by molar-refractivity contribution is 0.0909. The smallest absolute Gasteiger partial charge is 0.253 e. The summed E-state index contributed by atoms with van der Waals surface area (Å²) in [4.78, 5) is 16.7. The van der Waals surface area contributed by atoms with Gasteiger partial charge in [0.2, 0.25) is 0 Å². The first-order chi connectivity index (χ1) is 10.0. The van der Waals surface area contributed by atoms with Crippen LogP contribution in [0.5, 0.6) is 0 Å². The van der Waals surface area contributed by atoms with Gasteiger partial charge >= 0.3 is 0 Å². The Labute approximate surface area is 125 Å². The van der Waals surface area contributed by atoms with Gasteiger partial charge in [-0.3, -0.25) is 9.78 Å². The van der Waals surface area contributed by atoms with Crippen LogP contribution in [0, 0.1) is 13.8 Å². The molecule has 0 spiro atoms. The van der Waals surface area contributed by atoms with E-state index in [0.717, 1.165) is 22.9 Å². The summed E-state index contributed by atoms with van der Waals surface area (Å²) in [5.74, 6) is -0.183. The predicted octanol–water partition coefficient (Wildman–Crippen LogP) is 2.74. The van der Waals surface area contributed by atoms with E-state index in [2.05, 4.69) is 10.3 Å². The molecule has 0 saturated carbocycles. The molecule has 0 fully saturated rings. The Balaban J connectivity index is 2.19. The van der Waals surface area contributed by atoms with Gasteiger partial charge in [-0.15, -0.1) is 0 Å². The highest BCUT2D eigenvalue weighted by molar-refractivity contribution is 5.98. The van der Waals surface area contributed by atoms with E-state index in [0.29, 0.717) is 17.7 Å². The fourth-order valence-electron chi connectivity index (χ4n) is 2.34. The number of nitrogens with zero attached hydrogens (tertiary/aromatic N) is 1. The SMILES string of the molecule is CCCC(O)CNC(=O)c1cc2ccc(C)cc2nc1C. The van der Waals surface area contributed by atoms with Gasteiger partial charge in [0.05, 0.1) is 22.9 Å². The molecular weight excluding hydrogens is 264 g/mol. The van der Waals surface area contributed by atoms with Gasteiger partial charge in [-0.2, -0.15) is 0 Å². The van der Waals surface area contributed by atoms with Crippen LogP contribution in [0.2, 0.25) is 0 Å². The minimum atomic E-state index is -0.490. The molecule has 1 aromatic heterocycles. The molecule has 1 heterocycles. The molecule has 0 radical (unpaired) electrons. The molecule has 0 saturated heterocycles. The molecule has 1 unspecified atom stereocenters. The number of benzene rings is 1. The van der Waals surface area contributed by atoms with E-state index < -0.39 is 6.10 Å². The zero-order valence-electron chi connectivity index (χ0n) is 12.8. The summed E-state index contributed by atoms with van der Waals surface area (Å²) in [5.41, 5.74) is 3.31. The standard InChI is InChI=1S/C17H22N2O2/c1-4-5-14(20)10-18-17(21)15-9-13-7-6-11(2)8-16(13)19-12(15)3/h6-9,14,20H,4-5,10H2,1-3H3,(H,18,21). The summed E-state index contributed by atoms with van der Waals surface area (Å²) < 4.78 is 0. The Morgan fingerprint density at radius 3 is 2.81 bits per heavy atom. The monoisotopic (exact) mass is 286 g/mol. The van der Waals surface area contributed by atoms with Crippen molar-refractivity contribution in [2.24, 2.45) is 0 Å². The van der Waals surface area contributed by atoms with Crippen molar-refractivity contribution < 1.29 is 9.90 Å². The number of rotatable bonds is 5. The number of carbonyl (C=O) groups is 1. The molecule has 2 rings (SSSR count). The minimum absolute atomic E-state index is 0.183. The summed E-state index contributed by atoms with van der Waals surface area (Å²) >= 11 is 0. The van der Waals surface area contributed by atoms with Crippen LogP contribution in [-0.4, -0.2) is 28.6 Å². The minimum Gasteiger partial charge on any atom is -0.391 e. The van der Waals surface area contributed by atoms with Gasteiger partial charge < -0.3 is 10.4 Å². The number of hydrogen-bond acceptors (Lipinski definition) is 3. The second-order valence-electron chi connectivity index (χ2n) is 5.47. The maximum atomic E-state index is 12.2. The Bertz CT molecular complexity index is 653. The number of carbonyl (C=O) groups excluding carboxylic acids is 1. The second kappa shape index (κ2) is 6.68. The Morgan fingerprint density at radius 2 is 2.10 bits per heavy atom. The van der Waals surface area contributed by atoms with Gasteiger partial charge in [-0.05, 0) is 38.0 Å². The van der Waals surface area contributed by atoms with Gasteiger partial charge in [0.1, 0.15) is 0 Å². The van der Waals surface area contributed by atoms with Gasteiger partial charge in [0.25, 0.3) is 5.91 Å². The number of aliphatic hydroxyl groups is 1. The molecule has 2 aromatic rings. The lowest BCUT2D eigenvalue weighted by atomic mass is 10.1. The topological polar surface area (TPSA) is 62.2 Å². The maximum Gasteiger partial charge on any atom is 0.253 e. The zero-order chi connectivity index (χ0) is 15.4. The second-order valence-corrected chi connectivity index (χ2v) is 5.47. The lowest BCUT2D eigenvalue weighted by Gasteiger charge is -2.12. The molecule has 0 bridgehead atoms. The van der Waals surface area contributed by atoms with Crippen molar-refractivity contribution in [2.75, 3.05) is 6.54 Å². The van der Waals surface area contributed by atoms with Crippen molar-refractivity contribution in [3.05, 3.63) is 41.1 Å². The highest BCUT2D eigenvalue weighted by Crippen LogP contribution is 2.18. The van der Waals surface area contributed by atoms with Crippen LogP contribution < -0.4 is 5.32 Å². The first kappa shape index (κ1) is 15.4. The third kappa shape index (κ3) is 3.79. The quantitative estimate of drug-likeness (QED) is 0.888. The van der Waals surface area contributed by atoms with E-state index in [1.54, 1.807) is 0 Å². The maximum absolute atomic E-state index is 12.2. The van der Waals surface area contributed by atoms with Crippen LogP contribution in [0.3, 0.4) is 0 Å². The molecule has 4 heteroatoms. The largest absolute Gasteiger partial charge is 0.391 e. The summed E-state index contributed by atoms with van der Waals surface area (Å²) in [6.07, 6.45) is 1.09. The zero-order valence-corrected chi connectivity index (χ0v) is 12.8. The molecule has 2 N–H and O–H groups in total. The fourth-order valence-corrected chi connectivity index (χ4v) is 2.34. The van der Waals surface area contributed by atoms with Crippen LogP contribution >= 0.6 is 0 Å². The van der Waals surface area contributed by atoms with Crippen molar-refractivity contribution in [3.63, 3.8) is 0 Å². The number of aliphatic hydroxyl groups excluding tert-OH is 1. The van der Waals surface area contributed by atoms with Crippen LogP contribution in [-0.2, 0) is 0 Å². The van der Waals surface area contributed by atoms with Crippen LogP contribution in [0.25, 0.3) is 10.9 Å². The van der Waals surface area contributed by atoms with E-state index in [1.165, 1.54) is 0 Å². The first-order valence-electron chi connectivity index (χ1n) is 7.35. The average molecular weight is 286 g/mol. The van der Waals surface area contributed by atoms with E-state index >= 15 is 0 Å². The molecule has 1 amide bonds. The van der Waals surface area contributed by atoms with Gasteiger partial charge in [0.15, 0.2) is 0 Å². The third-order valence-electron chi connectivity index (χ3n) is 3.53.